The Hall–Kier alpha value is -0.990. The van der Waals surface area contributed by atoms with Gasteiger partial charge >= 0.3 is 5.97 Å². The largest absolute Gasteiger partial charge is 0.463 e. The second-order valence-electron chi connectivity index (χ2n) is 4.29. The predicted octanol–water partition coefficient (Wildman–Crippen LogP) is 1.94. The molecule has 0 amide bonds. The quantitative estimate of drug-likeness (QED) is 0.523. The molecule has 2 aliphatic rings. The van der Waals surface area contributed by atoms with Crippen LogP contribution in [0.25, 0.3) is 0 Å². The van der Waals surface area contributed by atoms with E-state index in [0.29, 0.717) is 12.5 Å². The van der Waals surface area contributed by atoms with Crippen molar-refractivity contribution < 1.29 is 9.53 Å². The number of likely N-dealkylation sites (tertiary alicyclic amines) is 1. The molecule has 2 fully saturated rings. The Balaban J connectivity index is 2.01. The molecule has 0 N–H and O–H groups in total. The van der Waals surface area contributed by atoms with Gasteiger partial charge in [0.2, 0.25) is 0 Å². The highest BCUT2D eigenvalue weighted by molar-refractivity contribution is 5.82. The minimum absolute atomic E-state index is 0.175. The maximum Gasteiger partial charge on any atom is 0.332 e. The number of allylic oxidation sites excluding steroid dienone is 1. The molecule has 0 atom stereocenters. The van der Waals surface area contributed by atoms with Crippen LogP contribution in [0.3, 0.4) is 0 Å². The molecule has 3 nitrogen and oxygen atoms in total. The van der Waals surface area contributed by atoms with Gasteiger partial charge in [-0.3, -0.25) is 0 Å². The molecule has 1 aliphatic heterocycles. The SMILES string of the molecule is CCOC(=O)C=C(C1CC1)N1CCCC1. The molecule has 84 valence electrons. The van der Waals surface area contributed by atoms with Crippen LogP contribution in [0.1, 0.15) is 32.6 Å². The smallest absolute Gasteiger partial charge is 0.332 e. The van der Waals surface area contributed by atoms with Crippen molar-refractivity contribution in [2.24, 2.45) is 5.92 Å². The van der Waals surface area contributed by atoms with Crippen molar-refractivity contribution in [2.75, 3.05) is 19.7 Å². The summed E-state index contributed by atoms with van der Waals surface area (Å²) in [6.07, 6.45) is 6.70. The molecule has 0 aromatic rings. The summed E-state index contributed by atoms with van der Waals surface area (Å²) in [6.45, 7) is 4.54. The second kappa shape index (κ2) is 4.69. The summed E-state index contributed by atoms with van der Waals surface area (Å²) in [7, 11) is 0. The van der Waals surface area contributed by atoms with E-state index in [1.165, 1.54) is 31.4 Å². The number of hydrogen-bond donors (Lipinski definition) is 0. The van der Waals surface area contributed by atoms with Gasteiger partial charge in [0.1, 0.15) is 0 Å². The third-order valence-electron chi connectivity index (χ3n) is 3.02. The Morgan fingerprint density at radius 3 is 2.60 bits per heavy atom. The first-order valence-electron chi connectivity index (χ1n) is 5.94. The van der Waals surface area contributed by atoms with E-state index in [1.807, 2.05) is 6.92 Å². The van der Waals surface area contributed by atoms with Crippen molar-refractivity contribution in [1.29, 1.82) is 0 Å². The summed E-state index contributed by atoms with van der Waals surface area (Å²) >= 11 is 0. The van der Waals surface area contributed by atoms with Crippen molar-refractivity contribution in [2.45, 2.75) is 32.6 Å². The molecule has 1 aliphatic carbocycles. The van der Waals surface area contributed by atoms with Crippen LogP contribution in [0.5, 0.6) is 0 Å². The Morgan fingerprint density at radius 2 is 2.07 bits per heavy atom. The fourth-order valence-corrected chi connectivity index (χ4v) is 2.13. The van der Waals surface area contributed by atoms with Gasteiger partial charge in [0, 0.05) is 24.9 Å². The summed E-state index contributed by atoms with van der Waals surface area (Å²) in [5.41, 5.74) is 1.23. The van der Waals surface area contributed by atoms with Crippen LogP contribution in [0.2, 0.25) is 0 Å². The van der Waals surface area contributed by atoms with E-state index < -0.39 is 0 Å². The second-order valence-corrected chi connectivity index (χ2v) is 4.29. The van der Waals surface area contributed by atoms with Crippen molar-refractivity contribution in [1.82, 2.24) is 4.90 Å². The maximum atomic E-state index is 11.4. The lowest BCUT2D eigenvalue weighted by Gasteiger charge is -2.21. The van der Waals surface area contributed by atoms with Gasteiger partial charge in [0.05, 0.1) is 6.61 Å². The van der Waals surface area contributed by atoms with Gasteiger partial charge in [-0.2, -0.15) is 0 Å². The van der Waals surface area contributed by atoms with Gasteiger partial charge in [0.15, 0.2) is 0 Å². The Labute approximate surface area is 91.1 Å². The molecule has 0 radical (unpaired) electrons. The van der Waals surface area contributed by atoms with Crippen LogP contribution in [0.15, 0.2) is 11.8 Å². The molecule has 3 heteroatoms. The highest BCUT2D eigenvalue weighted by Gasteiger charge is 2.31. The fraction of sp³-hybridized carbons (Fsp3) is 0.750. The summed E-state index contributed by atoms with van der Waals surface area (Å²) in [6, 6.07) is 0. The van der Waals surface area contributed by atoms with Gasteiger partial charge in [-0.25, -0.2) is 4.79 Å². The van der Waals surface area contributed by atoms with Crippen molar-refractivity contribution in [3.8, 4) is 0 Å². The average molecular weight is 209 g/mol. The van der Waals surface area contributed by atoms with Crippen LogP contribution < -0.4 is 0 Å². The number of nitrogens with zero attached hydrogens (tertiary/aromatic N) is 1. The number of hydrogen-bond acceptors (Lipinski definition) is 3. The van der Waals surface area contributed by atoms with E-state index in [-0.39, 0.29) is 5.97 Å². The molecule has 1 saturated heterocycles. The Morgan fingerprint density at radius 1 is 1.40 bits per heavy atom. The van der Waals surface area contributed by atoms with Gasteiger partial charge in [0.25, 0.3) is 0 Å². The minimum atomic E-state index is -0.175. The number of carbonyl (C=O) groups is 1. The first-order valence-corrected chi connectivity index (χ1v) is 5.94. The van der Waals surface area contributed by atoms with E-state index in [2.05, 4.69) is 4.90 Å². The Bertz CT molecular complexity index is 263. The highest BCUT2D eigenvalue weighted by atomic mass is 16.5. The van der Waals surface area contributed by atoms with Crippen LogP contribution >= 0.6 is 0 Å². The zero-order valence-corrected chi connectivity index (χ0v) is 9.37. The number of rotatable bonds is 4. The lowest BCUT2D eigenvalue weighted by molar-refractivity contribution is -0.137. The third kappa shape index (κ3) is 2.74. The topological polar surface area (TPSA) is 29.5 Å². The monoisotopic (exact) mass is 209 g/mol. The summed E-state index contributed by atoms with van der Waals surface area (Å²) < 4.78 is 4.97. The summed E-state index contributed by atoms with van der Waals surface area (Å²) in [5, 5.41) is 0. The lowest BCUT2D eigenvalue weighted by Crippen LogP contribution is -2.21. The van der Waals surface area contributed by atoms with Gasteiger partial charge in [-0.1, -0.05) is 0 Å². The number of carbonyl (C=O) groups excluding carboxylic acids is 1. The molecule has 0 unspecified atom stereocenters. The first-order chi connectivity index (χ1) is 7.31. The zero-order valence-electron chi connectivity index (χ0n) is 9.37. The van der Waals surface area contributed by atoms with Crippen molar-refractivity contribution >= 4 is 5.97 Å². The van der Waals surface area contributed by atoms with E-state index in [1.54, 1.807) is 6.08 Å². The zero-order chi connectivity index (χ0) is 10.7. The van der Waals surface area contributed by atoms with E-state index >= 15 is 0 Å². The molecular formula is C12H19NO2. The number of ether oxygens (including phenoxy) is 1. The number of esters is 1. The lowest BCUT2D eigenvalue weighted by atomic mass is 10.2. The Kier molecular flexibility index (Phi) is 3.29. The van der Waals surface area contributed by atoms with Gasteiger partial charge < -0.3 is 9.64 Å². The molecule has 0 aromatic carbocycles. The minimum Gasteiger partial charge on any atom is -0.463 e. The molecule has 0 spiro atoms. The van der Waals surface area contributed by atoms with Crippen molar-refractivity contribution in [3.05, 3.63) is 11.8 Å². The molecular weight excluding hydrogens is 190 g/mol. The van der Waals surface area contributed by atoms with Crippen molar-refractivity contribution in [3.63, 3.8) is 0 Å². The van der Waals surface area contributed by atoms with Gasteiger partial charge in [-0.05, 0) is 38.5 Å². The predicted molar refractivity (Wildman–Crippen MR) is 58.2 cm³/mol. The first kappa shape index (κ1) is 10.5. The van der Waals surface area contributed by atoms with E-state index in [9.17, 15) is 4.79 Å². The van der Waals surface area contributed by atoms with Crippen LogP contribution in [-0.2, 0) is 9.53 Å². The molecule has 0 bridgehead atoms. The van der Waals surface area contributed by atoms with Crippen LogP contribution in [0.4, 0.5) is 0 Å². The summed E-state index contributed by atoms with van der Waals surface area (Å²) in [4.78, 5) is 13.8. The van der Waals surface area contributed by atoms with E-state index in [4.69, 9.17) is 4.74 Å². The standard InChI is InChI=1S/C12H19NO2/c1-2-15-12(14)9-11(10-5-6-10)13-7-3-4-8-13/h9-10H,2-8H2,1H3. The van der Waals surface area contributed by atoms with E-state index in [0.717, 1.165) is 13.1 Å². The van der Waals surface area contributed by atoms with Gasteiger partial charge in [-0.15, -0.1) is 0 Å². The summed E-state index contributed by atoms with van der Waals surface area (Å²) in [5.74, 6) is 0.457. The molecule has 1 heterocycles. The van der Waals surface area contributed by atoms with Crippen LogP contribution in [0, 0.1) is 5.92 Å². The highest BCUT2D eigenvalue weighted by Crippen LogP contribution is 2.39. The average Bonchev–Trinajstić information content (AvgIpc) is 2.90. The van der Waals surface area contributed by atoms with Crippen LogP contribution in [-0.4, -0.2) is 30.6 Å². The fourth-order valence-electron chi connectivity index (χ4n) is 2.13. The molecule has 1 saturated carbocycles. The maximum absolute atomic E-state index is 11.4. The molecule has 0 aromatic heterocycles. The third-order valence-corrected chi connectivity index (χ3v) is 3.02. The normalized spacial score (nSPS) is 21.9. The molecule has 2 rings (SSSR count). The molecule has 15 heavy (non-hydrogen) atoms.